The summed E-state index contributed by atoms with van der Waals surface area (Å²) in [6, 6.07) is 13.8. The van der Waals surface area contributed by atoms with Crippen molar-refractivity contribution in [2.75, 3.05) is 30.1 Å². The van der Waals surface area contributed by atoms with Crippen molar-refractivity contribution in [2.45, 2.75) is 11.3 Å². The van der Waals surface area contributed by atoms with Crippen molar-refractivity contribution in [3.05, 3.63) is 59.8 Å². The van der Waals surface area contributed by atoms with Gasteiger partial charge in [-0.1, -0.05) is 0 Å². The number of thioether (sulfide) groups is 1. The number of carbonyl (C=O) groups is 1. The lowest BCUT2D eigenvalue weighted by Crippen LogP contribution is -2.15. The number of hydrogen-bond acceptors (Lipinski definition) is 4. The van der Waals surface area contributed by atoms with Crippen LogP contribution in [0, 0.1) is 0 Å². The number of nitrogens with one attached hydrogen (secondary N) is 2. The van der Waals surface area contributed by atoms with Gasteiger partial charge < -0.3 is 10.2 Å². The fourth-order valence-corrected chi connectivity index (χ4v) is 3.76. The summed E-state index contributed by atoms with van der Waals surface area (Å²) in [5.41, 5.74) is 5.78. The summed E-state index contributed by atoms with van der Waals surface area (Å²) in [4.78, 5) is 16.2. The third-order valence-electron chi connectivity index (χ3n) is 4.69. The summed E-state index contributed by atoms with van der Waals surface area (Å²) in [6.45, 7) is 0.956. The fourth-order valence-electron chi connectivity index (χ4n) is 3.36. The fraction of sp³-hybridized carbons (Fsp3) is 0.200. The molecule has 6 heteroatoms. The Morgan fingerprint density at radius 1 is 1.23 bits per heavy atom. The second kappa shape index (κ2) is 6.88. The van der Waals surface area contributed by atoms with Gasteiger partial charge in [-0.05, 0) is 60.7 Å². The highest BCUT2D eigenvalue weighted by Gasteiger charge is 2.23. The molecule has 0 saturated heterocycles. The lowest BCUT2D eigenvalue weighted by Gasteiger charge is -2.17. The van der Waals surface area contributed by atoms with Crippen LogP contribution in [0.3, 0.4) is 0 Å². The minimum absolute atomic E-state index is 0.0972. The lowest BCUT2D eigenvalue weighted by atomic mass is 10.00. The first-order chi connectivity index (χ1) is 12.7. The van der Waals surface area contributed by atoms with Crippen LogP contribution in [-0.2, 0) is 6.42 Å². The van der Waals surface area contributed by atoms with Gasteiger partial charge in [-0.2, -0.15) is 5.10 Å². The Morgan fingerprint density at radius 3 is 2.73 bits per heavy atom. The van der Waals surface area contributed by atoms with Gasteiger partial charge in [0, 0.05) is 47.2 Å². The Labute approximate surface area is 156 Å². The Kier molecular flexibility index (Phi) is 4.42. The van der Waals surface area contributed by atoms with E-state index in [-0.39, 0.29) is 5.91 Å². The first kappa shape index (κ1) is 16.7. The van der Waals surface area contributed by atoms with E-state index >= 15 is 0 Å². The van der Waals surface area contributed by atoms with Crippen LogP contribution in [0.5, 0.6) is 0 Å². The third kappa shape index (κ3) is 3.08. The predicted octanol–water partition coefficient (Wildman–Crippen LogP) is 4.04. The number of likely N-dealkylation sites (N-methyl/N-ethyl adjacent to an activating group) is 1. The number of anilines is 2. The summed E-state index contributed by atoms with van der Waals surface area (Å²) in [6.07, 6.45) is 4.71. The van der Waals surface area contributed by atoms with E-state index in [4.69, 9.17) is 0 Å². The Balaban J connectivity index is 1.68. The van der Waals surface area contributed by atoms with Crippen molar-refractivity contribution in [2.24, 2.45) is 0 Å². The number of aromatic nitrogens is 2. The number of H-pyrrole nitrogens is 1. The molecule has 0 saturated carbocycles. The first-order valence-corrected chi connectivity index (χ1v) is 9.71. The molecular weight excluding hydrogens is 344 g/mol. The molecule has 0 radical (unpaired) electrons. The molecule has 4 rings (SSSR count). The molecule has 2 aromatic carbocycles. The van der Waals surface area contributed by atoms with Crippen LogP contribution in [0.15, 0.2) is 53.6 Å². The van der Waals surface area contributed by atoms with Crippen LogP contribution in [0.4, 0.5) is 11.4 Å². The summed E-state index contributed by atoms with van der Waals surface area (Å²) >= 11 is 1.68. The average molecular weight is 364 g/mol. The second-order valence-electron chi connectivity index (χ2n) is 6.36. The summed E-state index contributed by atoms with van der Waals surface area (Å²) in [7, 11) is 2.08. The van der Waals surface area contributed by atoms with Crippen LogP contribution < -0.4 is 10.2 Å². The highest BCUT2D eigenvalue weighted by molar-refractivity contribution is 7.98. The van der Waals surface area contributed by atoms with Crippen LogP contribution in [0.2, 0.25) is 0 Å². The zero-order valence-corrected chi connectivity index (χ0v) is 15.6. The van der Waals surface area contributed by atoms with E-state index in [0.29, 0.717) is 5.56 Å². The third-order valence-corrected chi connectivity index (χ3v) is 5.43. The predicted molar refractivity (Wildman–Crippen MR) is 107 cm³/mol. The largest absolute Gasteiger partial charge is 0.373 e. The van der Waals surface area contributed by atoms with Gasteiger partial charge in [-0.15, -0.1) is 11.8 Å². The maximum Gasteiger partial charge on any atom is 0.255 e. The quantitative estimate of drug-likeness (QED) is 0.686. The molecule has 132 valence electrons. The van der Waals surface area contributed by atoms with Gasteiger partial charge >= 0.3 is 0 Å². The summed E-state index contributed by atoms with van der Waals surface area (Å²) in [5, 5.41) is 10.1. The van der Waals surface area contributed by atoms with Crippen molar-refractivity contribution in [1.29, 1.82) is 0 Å². The SMILES string of the molecule is CSc1ccc(NC(=O)c2cc3c(c(-c4ccn[nH]4)c2)N(C)CC3)cc1. The molecule has 2 N–H and O–H groups in total. The molecule has 0 bridgehead atoms. The lowest BCUT2D eigenvalue weighted by molar-refractivity contribution is 0.102. The number of benzene rings is 2. The molecule has 1 aliphatic heterocycles. The van der Waals surface area contributed by atoms with E-state index in [9.17, 15) is 4.79 Å². The second-order valence-corrected chi connectivity index (χ2v) is 7.24. The molecule has 1 aliphatic rings. The van der Waals surface area contributed by atoms with Gasteiger partial charge in [-0.3, -0.25) is 9.89 Å². The number of fused-ring (bicyclic) bond motifs is 1. The molecule has 0 aliphatic carbocycles. The highest BCUT2D eigenvalue weighted by Crippen LogP contribution is 2.38. The van der Waals surface area contributed by atoms with E-state index in [1.165, 1.54) is 16.1 Å². The van der Waals surface area contributed by atoms with E-state index in [1.54, 1.807) is 18.0 Å². The first-order valence-electron chi connectivity index (χ1n) is 8.49. The van der Waals surface area contributed by atoms with Crippen LogP contribution >= 0.6 is 11.8 Å². The van der Waals surface area contributed by atoms with Gasteiger partial charge in [0.25, 0.3) is 5.91 Å². The van der Waals surface area contributed by atoms with Crippen LogP contribution in [-0.4, -0.2) is 36.0 Å². The van der Waals surface area contributed by atoms with Crippen LogP contribution in [0.1, 0.15) is 15.9 Å². The smallest absolute Gasteiger partial charge is 0.255 e. The van der Waals surface area contributed by atoms with Crippen molar-refractivity contribution in [1.82, 2.24) is 10.2 Å². The van der Waals surface area contributed by atoms with Gasteiger partial charge in [-0.25, -0.2) is 0 Å². The van der Waals surface area contributed by atoms with Crippen molar-refractivity contribution < 1.29 is 4.79 Å². The normalized spacial score (nSPS) is 12.9. The van der Waals surface area contributed by atoms with Gasteiger partial charge in [0.1, 0.15) is 0 Å². The molecule has 1 aromatic heterocycles. The van der Waals surface area contributed by atoms with Crippen molar-refractivity contribution in [3.8, 4) is 11.3 Å². The van der Waals surface area contributed by atoms with Gasteiger partial charge in [0.15, 0.2) is 0 Å². The highest BCUT2D eigenvalue weighted by atomic mass is 32.2. The standard InChI is InChI=1S/C20H20N4OS/c1-24-10-8-13-11-14(12-17(19(13)24)18-7-9-21-23-18)20(25)22-15-3-5-16(26-2)6-4-15/h3-7,9,11-12H,8,10H2,1-2H3,(H,21,23)(H,22,25). The number of nitrogens with zero attached hydrogens (tertiary/aromatic N) is 2. The number of rotatable bonds is 4. The molecule has 1 amide bonds. The van der Waals surface area contributed by atoms with E-state index < -0.39 is 0 Å². The molecule has 26 heavy (non-hydrogen) atoms. The summed E-state index contributed by atoms with van der Waals surface area (Å²) < 4.78 is 0. The molecule has 0 atom stereocenters. The van der Waals surface area contributed by atoms with Gasteiger partial charge in [0.05, 0.1) is 5.69 Å². The molecule has 0 fully saturated rings. The minimum Gasteiger partial charge on any atom is -0.373 e. The molecule has 3 aromatic rings. The van der Waals surface area contributed by atoms with Crippen LogP contribution in [0.25, 0.3) is 11.3 Å². The summed E-state index contributed by atoms with van der Waals surface area (Å²) in [5.74, 6) is -0.0972. The topological polar surface area (TPSA) is 61.0 Å². The Hall–Kier alpha value is -2.73. The zero-order valence-electron chi connectivity index (χ0n) is 14.7. The molecule has 0 unspecified atom stereocenters. The monoisotopic (exact) mass is 364 g/mol. The zero-order chi connectivity index (χ0) is 18.1. The van der Waals surface area contributed by atoms with Crippen molar-refractivity contribution in [3.63, 3.8) is 0 Å². The molecule has 0 spiro atoms. The van der Waals surface area contributed by atoms with E-state index in [0.717, 1.165) is 29.9 Å². The molecule has 5 nitrogen and oxygen atoms in total. The van der Waals surface area contributed by atoms with E-state index in [1.807, 2.05) is 48.7 Å². The maximum absolute atomic E-state index is 12.8. The van der Waals surface area contributed by atoms with Gasteiger partial charge in [0.2, 0.25) is 0 Å². The van der Waals surface area contributed by atoms with Crippen molar-refractivity contribution >= 4 is 29.0 Å². The number of hydrogen-bond donors (Lipinski definition) is 2. The van der Waals surface area contributed by atoms with E-state index in [2.05, 4.69) is 27.5 Å². The number of aromatic amines is 1. The minimum atomic E-state index is -0.0972. The Bertz CT molecular complexity index is 935. The average Bonchev–Trinajstić information content (AvgIpc) is 3.32. The number of carbonyl (C=O) groups excluding carboxylic acids is 1. The molecular formula is C20H20N4OS. The molecule has 2 heterocycles. The maximum atomic E-state index is 12.8. The number of amides is 1. The Morgan fingerprint density at radius 2 is 2.04 bits per heavy atom.